The SMILES string of the molecule is CCCc1nn2c(=O)cc(COc3cccc(NC(=O)C4CCCCC4)c3)nc2s1. The van der Waals surface area contributed by atoms with E-state index in [2.05, 4.69) is 22.3 Å². The number of benzene rings is 1. The minimum Gasteiger partial charge on any atom is -0.487 e. The molecule has 1 aliphatic carbocycles. The third-order valence-corrected chi connectivity index (χ3v) is 6.24. The minimum atomic E-state index is -0.203. The number of rotatable bonds is 7. The van der Waals surface area contributed by atoms with Gasteiger partial charge < -0.3 is 10.1 Å². The van der Waals surface area contributed by atoms with Gasteiger partial charge >= 0.3 is 0 Å². The number of anilines is 1. The van der Waals surface area contributed by atoms with Crippen molar-refractivity contribution in [2.45, 2.75) is 58.5 Å². The van der Waals surface area contributed by atoms with Crippen LogP contribution in [-0.2, 0) is 17.8 Å². The van der Waals surface area contributed by atoms with Crippen molar-refractivity contribution < 1.29 is 9.53 Å². The van der Waals surface area contributed by atoms with Gasteiger partial charge in [-0.05, 0) is 31.4 Å². The van der Waals surface area contributed by atoms with Crippen molar-refractivity contribution in [2.75, 3.05) is 5.32 Å². The summed E-state index contributed by atoms with van der Waals surface area (Å²) in [5, 5.41) is 8.23. The first-order chi connectivity index (χ1) is 14.6. The number of nitrogens with zero attached hydrogens (tertiary/aromatic N) is 3. The van der Waals surface area contributed by atoms with Gasteiger partial charge in [-0.3, -0.25) is 9.59 Å². The zero-order valence-corrected chi connectivity index (χ0v) is 17.9. The molecule has 4 rings (SSSR count). The molecule has 0 saturated heterocycles. The Morgan fingerprint density at radius 1 is 1.27 bits per heavy atom. The average molecular weight is 427 g/mol. The second kappa shape index (κ2) is 9.38. The van der Waals surface area contributed by atoms with Gasteiger partial charge in [0.05, 0.1) is 5.69 Å². The fourth-order valence-electron chi connectivity index (χ4n) is 3.71. The van der Waals surface area contributed by atoms with Crippen LogP contribution in [0.15, 0.2) is 35.1 Å². The van der Waals surface area contributed by atoms with Crippen LogP contribution in [0.4, 0.5) is 5.69 Å². The van der Waals surface area contributed by atoms with Crippen LogP contribution in [0.5, 0.6) is 5.75 Å². The van der Waals surface area contributed by atoms with E-state index in [0.29, 0.717) is 16.4 Å². The number of amides is 1. The first-order valence-electron chi connectivity index (χ1n) is 10.5. The van der Waals surface area contributed by atoms with Crippen molar-refractivity contribution in [3.8, 4) is 5.75 Å². The Labute approximate surface area is 179 Å². The molecule has 0 radical (unpaired) electrons. The van der Waals surface area contributed by atoms with Gasteiger partial charge in [-0.25, -0.2) is 4.98 Å². The molecule has 1 aromatic carbocycles. The van der Waals surface area contributed by atoms with E-state index in [0.717, 1.165) is 49.2 Å². The highest BCUT2D eigenvalue weighted by atomic mass is 32.1. The minimum absolute atomic E-state index is 0.0834. The third-order valence-electron chi connectivity index (χ3n) is 5.27. The lowest BCUT2D eigenvalue weighted by Crippen LogP contribution is -2.24. The predicted octanol–water partition coefficient (Wildman–Crippen LogP) is 4.20. The van der Waals surface area contributed by atoms with E-state index >= 15 is 0 Å². The molecular formula is C22H26N4O3S. The number of fused-ring (bicyclic) bond motifs is 1. The van der Waals surface area contributed by atoms with Crippen LogP contribution in [0.1, 0.15) is 56.2 Å². The van der Waals surface area contributed by atoms with Gasteiger partial charge in [0.2, 0.25) is 10.9 Å². The molecule has 0 bridgehead atoms. The maximum absolute atomic E-state index is 12.5. The van der Waals surface area contributed by atoms with Gasteiger partial charge in [-0.15, -0.1) is 0 Å². The fourth-order valence-corrected chi connectivity index (χ4v) is 4.73. The number of aromatic nitrogens is 3. The summed E-state index contributed by atoms with van der Waals surface area (Å²) in [6.45, 7) is 2.25. The maximum atomic E-state index is 12.5. The monoisotopic (exact) mass is 426 g/mol. The van der Waals surface area contributed by atoms with Crippen molar-refractivity contribution in [3.63, 3.8) is 0 Å². The van der Waals surface area contributed by atoms with Gasteiger partial charge in [-0.2, -0.15) is 9.61 Å². The number of hydrogen-bond acceptors (Lipinski definition) is 6. The van der Waals surface area contributed by atoms with Crippen LogP contribution in [0.2, 0.25) is 0 Å². The smallest absolute Gasteiger partial charge is 0.275 e. The largest absolute Gasteiger partial charge is 0.487 e. The molecule has 30 heavy (non-hydrogen) atoms. The van der Waals surface area contributed by atoms with E-state index in [9.17, 15) is 9.59 Å². The predicted molar refractivity (Wildman–Crippen MR) is 117 cm³/mol. The van der Waals surface area contributed by atoms with Crippen LogP contribution < -0.4 is 15.6 Å². The van der Waals surface area contributed by atoms with E-state index in [-0.39, 0.29) is 24.0 Å². The van der Waals surface area contributed by atoms with E-state index < -0.39 is 0 Å². The quantitative estimate of drug-likeness (QED) is 0.612. The Morgan fingerprint density at radius 3 is 2.90 bits per heavy atom. The third kappa shape index (κ3) is 4.87. The summed E-state index contributed by atoms with van der Waals surface area (Å²) in [4.78, 5) is 29.9. The van der Waals surface area contributed by atoms with Gasteiger partial charge in [0.25, 0.3) is 5.56 Å². The average Bonchev–Trinajstić information content (AvgIpc) is 3.17. The number of nitrogens with one attached hydrogen (secondary N) is 1. The second-order valence-electron chi connectivity index (χ2n) is 7.67. The van der Waals surface area contributed by atoms with Crippen LogP contribution in [-0.4, -0.2) is 20.5 Å². The lowest BCUT2D eigenvalue weighted by molar-refractivity contribution is -0.120. The molecule has 0 atom stereocenters. The number of carbonyl (C=O) groups is 1. The molecule has 1 saturated carbocycles. The zero-order chi connectivity index (χ0) is 20.9. The molecule has 0 unspecified atom stereocenters. The summed E-state index contributed by atoms with van der Waals surface area (Å²) in [5.41, 5.74) is 1.08. The maximum Gasteiger partial charge on any atom is 0.275 e. The molecule has 1 fully saturated rings. The molecular weight excluding hydrogens is 400 g/mol. The summed E-state index contributed by atoms with van der Waals surface area (Å²) < 4.78 is 7.19. The Balaban J connectivity index is 1.41. The van der Waals surface area contributed by atoms with E-state index in [1.54, 1.807) is 6.07 Å². The first kappa shape index (κ1) is 20.5. The Bertz CT molecular complexity index is 1090. The van der Waals surface area contributed by atoms with E-state index in [4.69, 9.17) is 4.74 Å². The molecule has 0 aliphatic heterocycles. The van der Waals surface area contributed by atoms with Crippen molar-refractivity contribution in [2.24, 2.45) is 5.92 Å². The fraction of sp³-hybridized carbons (Fsp3) is 0.455. The molecule has 7 nitrogen and oxygen atoms in total. The van der Waals surface area contributed by atoms with Crippen molar-refractivity contribution >= 4 is 27.9 Å². The molecule has 1 aliphatic rings. The summed E-state index contributed by atoms with van der Waals surface area (Å²) in [5.74, 6) is 0.804. The number of ether oxygens (including phenoxy) is 1. The number of carbonyl (C=O) groups excluding carboxylic acids is 1. The molecule has 2 aromatic heterocycles. The molecule has 8 heteroatoms. The molecule has 158 valence electrons. The van der Waals surface area contributed by atoms with E-state index in [1.807, 2.05) is 18.2 Å². The molecule has 3 aromatic rings. The van der Waals surface area contributed by atoms with Crippen LogP contribution in [0.3, 0.4) is 0 Å². The van der Waals surface area contributed by atoms with E-state index in [1.165, 1.54) is 28.3 Å². The lowest BCUT2D eigenvalue weighted by Gasteiger charge is -2.20. The molecule has 0 spiro atoms. The number of hydrogen-bond donors (Lipinski definition) is 1. The van der Waals surface area contributed by atoms with Crippen molar-refractivity contribution in [1.82, 2.24) is 14.6 Å². The highest BCUT2D eigenvalue weighted by molar-refractivity contribution is 7.16. The Morgan fingerprint density at radius 2 is 2.10 bits per heavy atom. The number of aryl methyl sites for hydroxylation is 1. The van der Waals surface area contributed by atoms with Gasteiger partial charge in [0.1, 0.15) is 17.4 Å². The normalized spacial score (nSPS) is 14.7. The lowest BCUT2D eigenvalue weighted by atomic mass is 9.88. The van der Waals surface area contributed by atoms with Crippen LogP contribution in [0, 0.1) is 5.92 Å². The second-order valence-corrected chi connectivity index (χ2v) is 8.71. The van der Waals surface area contributed by atoms with Crippen LogP contribution in [0.25, 0.3) is 4.96 Å². The summed E-state index contributed by atoms with van der Waals surface area (Å²) in [7, 11) is 0. The topological polar surface area (TPSA) is 85.6 Å². The van der Waals surface area contributed by atoms with Gasteiger partial charge in [-0.1, -0.05) is 43.6 Å². The molecule has 1 N–H and O–H groups in total. The first-order valence-corrected chi connectivity index (χ1v) is 11.4. The summed E-state index contributed by atoms with van der Waals surface area (Å²) in [6.07, 6.45) is 7.19. The summed E-state index contributed by atoms with van der Waals surface area (Å²) in [6, 6.07) is 8.79. The van der Waals surface area contributed by atoms with Crippen molar-refractivity contribution in [1.29, 1.82) is 0 Å². The van der Waals surface area contributed by atoms with Crippen LogP contribution >= 0.6 is 11.3 Å². The van der Waals surface area contributed by atoms with Gasteiger partial charge in [0.15, 0.2) is 0 Å². The Hall–Kier alpha value is -2.74. The highest BCUT2D eigenvalue weighted by Gasteiger charge is 2.21. The molecule has 2 heterocycles. The van der Waals surface area contributed by atoms with Crippen molar-refractivity contribution in [3.05, 3.63) is 51.4 Å². The standard InChI is InChI=1S/C22H26N4O3S/c1-2-7-19-25-26-20(27)13-17(24-22(26)30-19)14-29-18-11-6-10-16(12-18)23-21(28)15-8-4-3-5-9-15/h6,10-13,15H,2-5,7-9,14H2,1H3,(H,23,28). The zero-order valence-electron chi connectivity index (χ0n) is 17.1. The Kier molecular flexibility index (Phi) is 6.42. The summed E-state index contributed by atoms with van der Waals surface area (Å²) >= 11 is 1.43. The highest BCUT2D eigenvalue weighted by Crippen LogP contribution is 2.26. The molecule has 1 amide bonds. The van der Waals surface area contributed by atoms with Gasteiger partial charge in [0, 0.05) is 30.2 Å².